The third kappa shape index (κ3) is 5.29. The quantitative estimate of drug-likeness (QED) is 0.814. The van der Waals surface area contributed by atoms with Gasteiger partial charge in [0.15, 0.2) is 0 Å². The Morgan fingerprint density at radius 2 is 2.07 bits per heavy atom. The first kappa shape index (κ1) is 18.9. The Morgan fingerprint density at radius 3 is 2.85 bits per heavy atom. The fourth-order valence-electron chi connectivity index (χ4n) is 3.30. The SMILES string of the molecule is COc1cccc(CN2C[C@H](C(=O)NCCc3ccncc3)CCC2=O)c1. The highest BCUT2D eigenvalue weighted by molar-refractivity contribution is 5.83. The number of carbonyl (C=O) groups is 2. The van der Waals surface area contributed by atoms with Crippen LogP contribution in [0.25, 0.3) is 0 Å². The van der Waals surface area contributed by atoms with Gasteiger partial charge in [-0.25, -0.2) is 0 Å². The number of nitrogens with one attached hydrogen (secondary N) is 1. The molecule has 0 radical (unpaired) electrons. The lowest BCUT2D eigenvalue weighted by Crippen LogP contribution is -2.45. The number of piperidine rings is 1. The summed E-state index contributed by atoms with van der Waals surface area (Å²) in [6.07, 6.45) is 5.29. The topological polar surface area (TPSA) is 71.5 Å². The molecule has 6 heteroatoms. The Bertz CT molecular complexity index is 779. The summed E-state index contributed by atoms with van der Waals surface area (Å²) in [5.41, 5.74) is 2.14. The average molecular weight is 367 g/mol. The number of benzene rings is 1. The summed E-state index contributed by atoms with van der Waals surface area (Å²) in [6, 6.07) is 11.6. The molecule has 0 unspecified atom stereocenters. The molecule has 1 atom stereocenters. The number of hydrogen-bond acceptors (Lipinski definition) is 4. The molecule has 1 saturated heterocycles. The molecule has 1 aliphatic heterocycles. The molecule has 2 amide bonds. The summed E-state index contributed by atoms with van der Waals surface area (Å²) in [6.45, 7) is 1.54. The van der Waals surface area contributed by atoms with E-state index < -0.39 is 0 Å². The summed E-state index contributed by atoms with van der Waals surface area (Å²) < 4.78 is 5.24. The van der Waals surface area contributed by atoms with Crippen LogP contribution in [-0.2, 0) is 22.6 Å². The monoisotopic (exact) mass is 367 g/mol. The molecule has 2 heterocycles. The first-order valence-electron chi connectivity index (χ1n) is 9.23. The number of ether oxygens (including phenoxy) is 1. The molecule has 27 heavy (non-hydrogen) atoms. The van der Waals surface area contributed by atoms with E-state index in [0.717, 1.165) is 23.3 Å². The fourth-order valence-corrected chi connectivity index (χ4v) is 3.30. The number of pyridine rings is 1. The lowest BCUT2D eigenvalue weighted by Gasteiger charge is -2.32. The van der Waals surface area contributed by atoms with Gasteiger partial charge < -0.3 is 15.0 Å². The molecule has 1 aromatic heterocycles. The van der Waals surface area contributed by atoms with Gasteiger partial charge in [-0.05, 0) is 48.2 Å². The van der Waals surface area contributed by atoms with Gasteiger partial charge in [-0.15, -0.1) is 0 Å². The highest BCUT2D eigenvalue weighted by atomic mass is 16.5. The summed E-state index contributed by atoms with van der Waals surface area (Å²) in [5.74, 6) is 0.721. The van der Waals surface area contributed by atoms with E-state index in [9.17, 15) is 9.59 Å². The number of nitrogens with zero attached hydrogens (tertiary/aromatic N) is 2. The predicted molar refractivity (Wildman–Crippen MR) is 102 cm³/mol. The summed E-state index contributed by atoms with van der Waals surface area (Å²) in [7, 11) is 1.62. The molecule has 3 rings (SSSR count). The maximum atomic E-state index is 12.5. The first-order valence-corrected chi connectivity index (χ1v) is 9.23. The van der Waals surface area contributed by atoms with Crippen molar-refractivity contribution in [3.63, 3.8) is 0 Å². The van der Waals surface area contributed by atoms with Gasteiger partial charge in [-0.2, -0.15) is 0 Å². The van der Waals surface area contributed by atoms with Crippen molar-refractivity contribution in [3.05, 3.63) is 59.9 Å². The smallest absolute Gasteiger partial charge is 0.224 e. The number of hydrogen-bond donors (Lipinski definition) is 1. The van der Waals surface area contributed by atoms with Crippen molar-refractivity contribution in [2.24, 2.45) is 5.92 Å². The van der Waals surface area contributed by atoms with E-state index in [4.69, 9.17) is 4.74 Å². The van der Waals surface area contributed by atoms with Gasteiger partial charge in [-0.3, -0.25) is 14.6 Å². The van der Waals surface area contributed by atoms with Crippen molar-refractivity contribution in [3.8, 4) is 5.75 Å². The highest BCUT2D eigenvalue weighted by Gasteiger charge is 2.30. The van der Waals surface area contributed by atoms with Crippen molar-refractivity contribution >= 4 is 11.8 Å². The van der Waals surface area contributed by atoms with E-state index in [1.165, 1.54) is 0 Å². The number of likely N-dealkylation sites (tertiary alicyclic amines) is 1. The molecular weight excluding hydrogens is 342 g/mol. The van der Waals surface area contributed by atoms with E-state index >= 15 is 0 Å². The van der Waals surface area contributed by atoms with E-state index in [1.54, 1.807) is 24.4 Å². The van der Waals surface area contributed by atoms with E-state index in [2.05, 4.69) is 10.3 Å². The Morgan fingerprint density at radius 1 is 1.26 bits per heavy atom. The lowest BCUT2D eigenvalue weighted by atomic mass is 9.96. The number of rotatable bonds is 7. The van der Waals surface area contributed by atoms with E-state index in [-0.39, 0.29) is 17.7 Å². The highest BCUT2D eigenvalue weighted by Crippen LogP contribution is 2.21. The molecule has 1 aromatic carbocycles. The fraction of sp³-hybridized carbons (Fsp3) is 0.381. The van der Waals surface area contributed by atoms with Gasteiger partial charge >= 0.3 is 0 Å². The van der Waals surface area contributed by atoms with Crippen LogP contribution in [0.2, 0.25) is 0 Å². The zero-order valence-electron chi connectivity index (χ0n) is 15.6. The summed E-state index contributed by atoms with van der Waals surface area (Å²) >= 11 is 0. The van der Waals surface area contributed by atoms with Gasteiger partial charge in [0, 0.05) is 38.4 Å². The first-order chi connectivity index (χ1) is 13.2. The van der Waals surface area contributed by atoms with Crippen LogP contribution < -0.4 is 10.1 Å². The van der Waals surface area contributed by atoms with Gasteiger partial charge in [0.25, 0.3) is 0 Å². The van der Waals surface area contributed by atoms with Gasteiger partial charge in [0.2, 0.25) is 11.8 Å². The maximum Gasteiger partial charge on any atom is 0.224 e. The molecule has 2 aromatic rings. The van der Waals surface area contributed by atoms with Gasteiger partial charge in [-0.1, -0.05) is 12.1 Å². The average Bonchev–Trinajstić information content (AvgIpc) is 2.70. The predicted octanol–water partition coefficient (Wildman–Crippen LogP) is 2.19. The number of methoxy groups -OCH3 is 1. The Kier molecular flexibility index (Phi) is 6.41. The van der Waals surface area contributed by atoms with Crippen LogP contribution in [-0.4, -0.2) is 41.9 Å². The second-order valence-corrected chi connectivity index (χ2v) is 6.76. The van der Waals surface area contributed by atoms with Crippen LogP contribution in [0.3, 0.4) is 0 Å². The zero-order chi connectivity index (χ0) is 19.1. The second-order valence-electron chi connectivity index (χ2n) is 6.76. The van der Waals surface area contributed by atoms with E-state index in [1.807, 2.05) is 36.4 Å². The molecule has 1 aliphatic rings. The third-order valence-electron chi connectivity index (χ3n) is 4.84. The van der Waals surface area contributed by atoms with Crippen molar-refractivity contribution < 1.29 is 14.3 Å². The molecule has 0 spiro atoms. The Balaban J connectivity index is 1.52. The van der Waals surface area contributed by atoms with Crippen molar-refractivity contribution in [2.75, 3.05) is 20.2 Å². The number of amides is 2. The van der Waals surface area contributed by atoms with Crippen LogP contribution >= 0.6 is 0 Å². The van der Waals surface area contributed by atoms with Crippen molar-refractivity contribution in [1.29, 1.82) is 0 Å². The van der Waals surface area contributed by atoms with Crippen LogP contribution in [0.1, 0.15) is 24.0 Å². The minimum Gasteiger partial charge on any atom is -0.497 e. The summed E-state index contributed by atoms with van der Waals surface area (Å²) in [4.78, 5) is 30.5. The summed E-state index contributed by atoms with van der Waals surface area (Å²) in [5, 5.41) is 3.00. The zero-order valence-corrected chi connectivity index (χ0v) is 15.6. The molecular formula is C21H25N3O3. The standard InChI is InChI=1S/C21H25N3O3/c1-27-19-4-2-3-17(13-19)14-24-15-18(5-6-20(24)25)21(26)23-12-9-16-7-10-22-11-8-16/h2-4,7-8,10-11,13,18H,5-6,9,12,14-15H2,1H3,(H,23,26)/t18-/m1/s1. The normalized spacial score (nSPS) is 16.9. The molecule has 1 fully saturated rings. The third-order valence-corrected chi connectivity index (χ3v) is 4.84. The van der Waals surface area contributed by atoms with Crippen LogP contribution in [0.4, 0.5) is 0 Å². The van der Waals surface area contributed by atoms with Crippen molar-refractivity contribution in [2.45, 2.75) is 25.8 Å². The molecule has 1 N–H and O–H groups in total. The van der Waals surface area contributed by atoms with Crippen LogP contribution in [0.5, 0.6) is 5.75 Å². The Hall–Kier alpha value is -2.89. The maximum absolute atomic E-state index is 12.5. The number of aromatic nitrogens is 1. The number of carbonyl (C=O) groups excluding carboxylic acids is 2. The van der Waals surface area contributed by atoms with Crippen LogP contribution in [0, 0.1) is 5.92 Å². The minimum atomic E-state index is -0.161. The molecule has 6 nitrogen and oxygen atoms in total. The lowest BCUT2D eigenvalue weighted by molar-refractivity contribution is -0.138. The van der Waals surface area contributed by atoms with Gasteiger partial charge in [0.1, 0.15) is 5.75 Å². The molecule has 0 saturated carbocycles. The molecule has 0 aliphatic carbocycles. The Labute approximate surface area is 159 Å². The van der Waals surface area contributed by atoms with E-state index in [0.29, 0.717) is 32.5 Å². The largest absolute Gasteiger partial charge is 0.497 e. The second kappa shape index (κ2) is 9.16. The van der Waals surface area contributed by atoms with Crippen LogP contribution in [0.15, 0.2) is 48.8 Å². The molecule has 0 bridgehead atoms. The minimum absolute atomic E-state index is 0.0206. The van der Waals surface area contributed by atoms with Gasteiger partial charge in [0.05, 0.1) is 13.0 Å². The molecule has 142 valence electrons. The van der Waals surface area contributed by atoms with Crippen molar-refractivity contribution in [1.82, 2.24) is 15.2 Å².